The lowest BCUT2D eigenvalue weighted by atomic mass is 10.1. The first-order chi connectivity index (χ1) is 17.3. The topological polar surface area (TPSA) is 111 Å². The number of nitrogens with zero attached hydrogens (tertiary/aromatic N) is 3. The van der Waals surface area contributed by atoms with Gasteiger partial charge in [0, 0.05) is 5.56 Å². The van der Waals surface area contributed by atoms with E-state index in [1.54, 1.807) is 43.5 Å². The summed E-state index contributed by atoms with van der Waals surface area (Å²) in [4.78, 5) is 13.3. The van der Waals surface area contributed by atoms with Crippen LogP contribution in [0.15, 0.2) is 77.7 Å². The maximum atomic E-state index is 13.5. The molecule has 11 heteroatoms. The van der Waals surface area contributed by atoms with E-state index in [0.29, 0.717) is 16.4 Å². The highest BCUT2D eigenvalue weighted by molar-refractivity contribution is 7.92. The van der Waals surface area contributed by atoms with E-state index in [1.165, 1.54) is 27.8 Å². The molecule has 0 radical (unpaired) electrons. The van der Waals surface area contributed by atoms with Crippen molar-refractivity contribution in [2.24, 2.45) is 0 Å². The molecule has 0 fully saturated rings. The third-order valence-corrected chi connectivity index (χ3v) is 8.28. The van der Waals surface area contributed by atoms with E-state index in [-0.39, 0.29) is 16.6 Å². The highest BCUT2D eigenvalue weighted by Crippen LogP contribution is 2.38. The molecule has 0 aliphatic carbocycles. The van der Waals surface area contributed by atoms with Crippen LogP contribution >= 0.6 is 11.3 Å². The van der Waals surface area contributed by atoms with E-state index in [2.05, 4.69) is 15.5 Å². The molecular weight excluding hydrogens is 500 g/mol. The Hall–Kier alpha value is -3.96. The zero-order valence-corrected chi connectivity index (χ0v) is 21.0. The van der Waals surface area contributed by atoms with Gasteiger partial charge in [-0.2, -0.15) is 0 Å². The van der Waals surface area contributed by atoms with Gasteiger partial charge in [0.05, 0.1) is 24.2 Å². The lowest BCUT2D eigenvalue weighted by Gasteiger charge is -2.34. The van der Waals surface area contributed by atoms with Crippen LogP contribution in [0, 0.1) is 6.92 Å². The number of hydrogen-bond donors (Lipinski definition) is 1. The summed E-state index contributed by atoms with van der Waals surface area (Å²) >= 11 is 1.20. The van der Waals surface area contributed by atoms with Gasteiger partial charge in [-0.25, -0.2) is 8.42 Å². The van der Waals surface area contributed by atoms with Gasteiger partial charge in [-0.1, -0.05) is 35.6 Å². The summed E-state index contributed by atoms with van der Waals surface area (Å²) in [5.74, 6) is 0.506. The summed E-state index contributed by atoms with van der Waals surface area (Å²) in [7, 11) is -2.34. The molecule has 0 bridgehead atoms. The van der Waals surface area contributed by atoms with Crippen LogP contribution in [-0.2, 0) is 14.8 Å². The van der Waals surface area contributed by atoms with Crippen LogP contribution in [0.2, 0.25) is 0 Å². The number of ether oxygens (including phenoxy) is 2. The van der Waals surface area contributed by atoms with Gasteiger partial charge in [0.2, 0.25) is 5.13 Å². The minimum absolute atomic E-state index is 0.131. The molecule has 184 valence electrons. The maximum Gasteiger partial charge on any atom is 0.269 e. The second-order valence-corrected chi connectivity index (χ2v) is 10.9. The van der Waals surface area contributed by atoms with Gasteiger partial charge in [-0.3, -0.25) is 14.4 Å². The Morgan fingerprint density at radius 3 is 2.56 bits per heavy atom. The molecule has 1 atom stereocenters. The Labute approximate surface area is 212 Å². The number of aromatic nitrogens is 2. The van der Waals surface area contributed by atoms with Crippen LogP contribution in [-0.4, -0.2) is 44.3 Å². The highest BCUT2D eigenvalue weighted by atomic mass is 32.2. The number of nitrogens with one attached hydrogen (secondary N) is 1. The molecule has 1 aromatic heterocycles. The number of benzene rings is 3. The smallest absolute Gasteiger partial charge is 0.269 e. The fourth-order valence-corrected chi connectivity index (χ4v) is 6.00. The van der Waals surface area contributed by atoms with Crippen molar-refractivity contribution in [3.63, 3.8) is 0 Å². The first-order valence-electron chi connectivity index (χ1n) is 11.0. The third-order valence-electron chi connectivity index (χ3n) is 5.60. The summed E-state index contributed by atoms with van der Waals surface area (Å²) in [6.07, 6.45) is -1.09. The highest BCUT2D eigenvalue weighted by Gasteiger charge is 2.38. The monoisotopic (exact) mass is 522 g/mol. The van der Waals surface area contributed by atoms with Gasteiger partial charge in [-0.05, 0) is 61.0 Å². The Kier molecular flexibility index (Phi) is 6.33. The predicted octanol–water partition coefficient (Wildman–Crippen LogP) is 4.12. The van der Waals surface area contributed by atoms with E-state index < -0.39 is 22.0 Å². The number of carbonyl (C=O) groups excluding carboxylic acids is 1. The van der Waals surface area contributed by atoms with Crippen molar-refractivity contribution in [2.75, 3.05) is 23.3 Å². The van der Waals surface area contributed by atoms with Gasteiger partial charge in [-0.15, -0.1) is 10.2 Å². The van der Waals surface area contributed by atoms with Gasteiger partial charge >= 0.3 is 0 Å². The van der Waals surface area contributed by atoms with E-state index in [4.69, 9.17) is 9.47 Å². The molecule has 0 unspecified atom stereocenters. The molecule has 5 rings (SSSR count). The number of aryl methyl sites for hydroxylation is 1. The lowest BCUT2D eigenvalue weighted by Crippen LogP contribution is -2.48. The third kappa shape index (κ3) is 4.62. The summed E-state index contributed by atoms with van der Waals surface area (Å²) in [6.45, 7) is 1.67. The molecule has 4 aromatic rings. The van der Waals surface area contributed by atoms with Crippen molar-refractivity contribution < 1.29 is 22.7 Å². The standard InChI is InChI=1S/C25H22N4O5S2/c1-16-8-13-21-20(14-16)29(36(31,32)19-6-4-3-5-7-19)15-22(34-21)23(30)26-25-28-27-24(35-25)17-9-11-18(33-2)12-10-17/h3-14,22H,15H2,1-2H3,(H,26,28,30)/t22-/m0/s1. The summed E-state index contributed by atoms with van der Waals surface area (Å²) < 4.78 is 39.3. The number of methoxy groups -OCH3 is 1. The van der Waals surface area contributed by atoms with Crippen LogP contribution < -0.4 is 19.1 Å². The Bertz CT molecular complexity index is 1510. The Morgan fingerprint density at radius 2 is 1.83 bits per heavy atom. The number of sulfonamides is 1. The van der Waals surface area contributed by atoms with Crippen molar-refractivity contribution >= 4 is 38.1 Å². The van der Waals surface area contributed by atoms with Crippen molar-refractivity contribution in [2.45, 2.75) is 17.9 Å². The fourth-order valence-electron chi connectivity index (χ4n) is 3.76. The Balaban J connectivity index is 1.40. The number of hydrogen-bond acceptors (Lipinski definition) is 8. The maximum absolute atomic E-state index is 13.5. The average molecular weight is 523 g/mol. The first-order valence-corrected chi connectivity index (χ1v) is 13.2. The van der Waals surface area contributed by atoms with E-state index >= 15 is 0 Å². The fraction of sp³-hybridized carbons (Fsp3) is 0.160. The summed E-state index contributed by atoms with van der Waals surface area (Å²) in [6, 6.07) is 20.6. The molecule has 1 aliphatic heterocycles. The lowest BCUT2D eigenvalue weighted by molar-refractivity contribution is -0.122. The molecule has 1 N–H and O–H groups in total. The quantitative estimate of drug-likeness (QED) is 0.406. The molecule has 0 spiro atoms. The zero-order chi connectivity index (χ0) is 25.3. The van der Waals surface area contributed by atoms with E-state index in [1.807, 2.05) is 31.2 Å². The van der Waals surface area contributed by atoms with E-state index in [9.17, 15) is 13.2 Å². The molecule has 2 heterocycles. The van der Waals surface area contributed by atoms with Crippen molar-refractivity contribution in [3.8, 4) is 22.1 Å². The number of carbonyl (C=O) groups is 1. The van der Waals surface area contributed by atoms with Crippen molar-refractivity contribution in [3.05, 3.63) is 78.4 Å². The SMILES string of the molecule is COc1ccc(-c2nnc(NC(=O)[C@@H]3CN(S(=O)(=O)c4ccccc4)c4cc(C)ccc4O3)s2)cc1. The van der Waals surface area contributed by atoms with Gasteiger partial charge in [0.1, 0.15) is 16.5 Å². The molecule has 36 heavy (non-hydrogen) atoms. The molecule has 1 amide bonds. The zero-order valence-electron chi connectivity index (χ0n) is 19.4. The van der Waals surface area contributed by atoms with Crippen molar-refractivity contribution in [1.29, 1.82) is 0 Å². The average Bonchev–Trinajstić information content (AvgIpc) is 3.37. The van der Waals surface area contributed by atoms with Crippen LogP contribution in [0.3, 0.4) is 0 Å². The van der Waals surface area contributed by atoms with Gasteiger partial charge in [0.25, 0.3) is 15.9 Å². The van der Waals surface area contributed by atoms with E-state index in [0.717, 1.165) is 16.9 Å². The normalized spacial score (nSPS) is 15.1. The number of amides is 1. The number of fused-ring (bicyclic) bond motifs is 1. The van der Waals surface area contributed by atoms with Crippen LogP contribution in [0.25, 0.3) is 10.6 Å². The van der Waals surface area contributed by atoms with Crippen LogP contribution in [0.1, 0.15) is 5.56 Å². The Morgan fingerprint density at radius 1 is 1.08 bits per heavy atom. The second-order valence-electron chi connectivity index (χ2n) is 8.06. The minimum Gasteiger partial charge on any atom is -0.497 e. The van der Waals surface area contributed by atoms with Crippen LogP contribution in [0.4, 0.5) is 10.8 Å². The first kappa shape index (κ1) is 23.8. The summed E-state index contributed by atoms with van der Waals surface area (Å²) in [5.41, 5.74) is 2.08. The molecule has 0 saturated heterocycles. The predicted molar refractivity (Wildman–Crippen MR) is 137 cm³/mol. The number of anilines is 2. The molecule has 0 saturated carbocycles. The summed E-state index contributed by atoms with van der Waals surface area (Å²) in [5, 5.41) is 11.8. The molecule has 9 nitrogen and oxygen atoms in total. The molecule has 1 aliphatic rings. The van der Waals surface area contributed by atoms with Crippen molar-refractivity contribution in [1.82, 2.24) is 10.2 Å². The second kappa shape index (κ2) is 9.59. The number of rotatable bonds is 6. The van der Waals surface area contributed by atoms with Gasteiger partial charge < -0.3 is 9.47 Å². The minimum atomic E-state index is -3.93. The molecule has 3 aromatic carbocycles. The van der Waals surface area contributed by atoms with Crippen LogP contribution in [0.5, 0.6) is 11.5 Å². The largest absolute Gasteiger partial charge is 0.497 e. The molecular formula is C25H22N4O5S2. The van der Waals surface area contributed by atoms with Gasteiger partial charge in [0.15, 0.2) is 6.10 Å².